The van der Waals surface area contributed by atoms with Crippen molar-refractivity contribution < 1.29 is 127 Å². The zero-order chi connectivity index (χ0) is 93.6. The number of nitrogens with two attached hydrogens (primary N) is 2. The molecule has 127 heavy (non-hydrogen) atoms. The molecule has 0 spiro atoms. The molecule has 0 bridgehead atoms. The predicted octanol–water partition coefficient (Wildman–Crippen LogP) is 8.89. The molecule has 0 aliphatic carbocycles. The second kappa shape index (κ2) is 69.7. The highest BCUT2D eigenvalue weighted by Gasteiger charge is 2.45. The fourth-order valence-electron chi connectivity index (χ4n) is 14.9. The molecule has 35 heteroatoms. The number of hydrogen-bond donors (Lipinski definition) is 8. The maximum atomic E-state index is 13.6. The first kappa shape index (κ1) is 133. The standard InChI is InChI=1S/C27H45N3O8.C27H43N3O8.C27H43N3O7.C4H8O2.CH4O.6CH4.H2/c2*1-15(2)12-18(27(37)38-6)13-24(34)21-8-7-11-30(21)26(36)19(16(3)4)14-23(33)20(29-17(5)31)9-10-22(32)25(28)35;1-16(2)12-19(27(36)37-6)13-25(34)23-8-7-11-30(23)26(35)21(17(3)4)14-24(33)22(29-18(5)31)10-9-20(32)15-28;1-3-6-4(2)5;1-2;;;;;;;/h15-16,18-22,32H,7-14H2,1-6H3,(H2,28,35)(H,29,31);15-16,18-21H,7-14H2,1-6H3,(H2,28,35)(H,29,31);16-17,19-23,32H,7-14H2,1-6H3,(H,29,31);3H2,1-2H3;2H,1H3;6*1H4;1H/t18-,19+,20+,21+,22?;18-,19+,20+,21+;19-,20?,21+,22+,23+;;;;;;;;;/m111........./s1/i;;;;;;;;;;;1+1. The number of carbonyl (C=O) groups excluding carboxylic acids is 19. The lowest BCUT2D eigenvalue weighted by atomic mass is 9.86. The summed E-state index contributed by atoms with van der Waals surface area (Å²) < 4.78 is 19.0. The van der Waals surface area contributed by atoms with Crippen molar-refractivity contribution in [2.75, 3.05) is 54.7 Å². The van der Waals surface area contributed by atoms with Gasteiger partial charge >= 0.3 is 23.9 Å². The van der Waals surface area contributed by atoms with Crippen LogP contribution in [0.2, 0.25) is 0 Å². The van der Waals surface area contributed by atoms with Gasteiger partial charge in [-0.1, -0.05) is 128 Å². The van der Waals surface area contributed by atoms with Crippen molar-refractivity contribution in [1.29, 1.82) is 5.26 Å². The lowest BCUT2D eigenvalue weighted by molar-refractivity contribution is -0.149. The molecule has 0 aromatic heterocycles. The number of likely N-dealkylation sites (tertiary alicyclic amines) is 3. The van der Waals surface area contributed by atoms with Gasteiger partial charge in [0.1, 0.15) is 12.2 Å². The summed E-state index contributed by atoms with van der Waals surface area (Å²) in [6.07, 6.45) is 1.09. The van der Waals surface area contributed by atoms with E-state index in [1.807, 2.05) is 69.2 Å². The number of methoxy groups -OCH3 is 3. The van der Waals surface area contributed by atoms with E-state index in [0.717, 1.165) is 7.11 Å². The first-order valence-electron chi connectivity index (χ1n) is 42.0. The van der Waals surface area contributed by atoms with Crippen LogP contribution in [0.3, 0.4) is 0 Å². The molecular formula is C92H169N9O26. The van der Waals surface area contributed by atoms with Gasteiger partial charge in [0.05, 0.1) is 88.0 Å². The number of aliphatic hydroxyl groups is 3. The number of nitrogens with zero attached hydrogens (tertiary/aromatic N) is 4. The van der Waals surface area contributed by atoms with Gasteiger partial charge in [-0.3, -0.25) is 91.1 Å². The molecule has 3 fully saturated rings. The third kappa shape index (κ3) is 50.3. The van der Waals surface area contributed by atoms with Crippen LogP contribution in [-0.2, 0) is 110 Å². The van der Waals surface area contributed by atoms with Gasteiger partial charge in [-0.2, -0.15) is 5.26 Å². The minimum Gasteiger partial charge on any atom is -0.469 e. The highest BCUT2D eigenvalue weighted by molar-refractivity contribution is 6.35. The lowest BCUT2D eigenvalue weighted by Gasteiger charge is -2.31. The molecule has 35 nitrogen and oxygen atoms in total. The predicted molar refractivity (Wildman–Crippen MR) is 486 cm³/mol. The smallest absolute Gasteiger partial charge is 0.309 e. The summed E-state index contributed by atoms with van der Waals surface area (Å²) >= 11 is 0. The molecule has 3 heterocycles. The van der Waals surface area contributed by atoms with E-state index in [-0.39, 0.29) is 205 Å². The van der Waals surface area contributed by atoms with Gasteiger partial charge in [0.2, 0.25) is 47.1 Å². The summed E-state index contributed by atoms with van der Waals surface area (Å²) in [5, 5.41) is 42.7. The number of ketones is 7. The Morgan fingerprint density at radius 3 is 0.906 bits per heavy atom. The summed E-state index contributed by atoms with van der Waals surface area (Å²) in [6, 6.07) is -3.30. The highest BCUT2D eigenvalue weighted by Crippen LogP contribution is 2.34. The second-order valence-corrected chi connectivity index (χ2v) is 33.4. The van der Waals surface area contributed by atoms with Crippen molar-refractivity contribution in [3.05, 3.63) is 0 Å². The van der Waals surface area contributed by atoms with Crippen molar-refractivity contribution in [2.45, 2.75) is 346 Å². The number of esters is 4. The average Bonchev–Trinajstić information content (AvgIpc) is 1.71. The van der Waals surface area contributed by atoms with Crippen molar-refractivity contribution in [3.63, 3.8) is 0 Å². The first-order chi connectivity index (χ1) is 56.5. The topological polar surface area (TPSA) is 544 Å². The van der Waals surface area contributed by atoms with Gasteiger partial charge in [0.25, 0.3) is 5.91 Å². The van der Waals surface area contributed by atoms with Crippen LogP contribution in [0.5, 0.6) is 0 Å². The van der Waals surface area contributed by atoms with E-state index in [2.05, 4.69) is 20.7 Å². The minimum atomic E-state index is -1.46. The third-order valence-corrected chi connectivity index (χ3v) is 21.1. The minimum absolute atomic E-state index is 0. The molecule has 3 saturated heterocycles. The Hall–Kier alpha value is -9.30. The Morgan fingerprint density at radius 1 is 0.433 bits per heavy atom. The number of amides is 8. The SMILES string of the molecule is C.C.C.C.C.C.CCOC(C)=O.CO.COC(=O)[C@@H](CC(=O)[C@@H]1CCCN1C(=O)[C@@H](CC(=O)[C@H](CCC(=O)C(N)=O)NC(C)=O)C(C)C)CC(C)C.COC(=O)[C@@H](CC(=O)[C@@H]1CCCN1C(=O)[C@@H](CC(=O)[C@H](CCC(O)C#N)NC(C)=O)C(C)C)CC(C)C.COC(=O)[C@@H](CC(=O)[C@@H]1CCCN1C(=O)[C@@H](CC(=O)[C@H](CCC(O)C(N)=O)NC(C)=O)C(C)C)CC(C)C.[2HH]. The van der Waals surface area contributed by atoms with Crippen LogP contribution >= 0.6 is 0 Å². The van der Waals surface area contributed by atoms with Crippen LogP contribution in [-0.4, -0.2) is 245 Å². The van der Waals surface area contributed by atoms with Gasteiger partial charge in [-0.25, -0.2) is 0 Å². The molecule has 2 unspecified atom stereocenters. The molecule has 3 rings (SSSR count). The fraction of sp³-hybridized carbons (Fsp3) is 0.783. The zero-order valence-electron chi connectivity index (χ0n) is 75.4. The summed E-state index contributed by atoms with van der Waals surface area (Å²) in [4.78, 5) is 240. The summed E-state index contributed by atoms with van der Waals surface area (Å²) in [6.45, 7) is 31.1. The average molecular weight is 1820 g/mol. The third-order valence-electron chi connectivity index (χ3n) is 21.1. The van der Waals surface area contributed by atoms with Gasteiger partial charge in [-0.05, 0) is 132 Å². The lowest BCUT2D eigenvalue weighted by Crippen LogP contribution is -2.47. The number of ether oxygens (including phenoxy) is 4. The quantitative estimate of drug-likeness (QED) is 0.0122. The molecule has 10 N–H and O–H groups in total. The molecule has 3 aliphatic rings. The molecule has 0 aromatic rings. The number of Topliss-reactive ketones (excluding diaryl/α,β-unsaturated/α-hetero) is 7. The van der Waals surface area contributed by atoms with E-state index in [0.29, 0.717) is 84.0 Å². The number of nitriles is 1. The fourth-order valence-corrected chi connectivity index (χ4v) is 14.9. The van der Waals surface area contributed by atoms with Gasteiger partial charge in [0, 0.05) is 119 Å². The maximum absolute atomic E-state index is 13.6. The maximum Gasteiger partial charge on any atom is 0.309 e. The van der Waals surface area contributed by atoms with Gasteiger partial charge in [0.15, 0.2) is 34.7 Å². The Balaban J connectivity index is -0.000000221. The molecule has 738 valence electrons. The van der Waals surface area contributed by atoms with E-state index in [4.69, 9.17) is 36.0 Å². The van der Waals surface area contributed by atoms with Crippen molar-refractivity contribution >= 4 is 112 Å². The second-order valence-electron chi connectivity index (χ2n) is 33.4. The van der Waals surface area contributed by atoms with Crippen LogP contribution < -0.4 is 27.4 Å². The molecule has 0 radical (unpaired) electrons. The summed E-state index contributed by atoms with van der Waals surface area (Å²) in [7, 11) is 4.87. The van der Waals surface area contributed by atoms with E-state index in [1.54, 1.807) is 26.8 Å². The number of rotatable bonds is 48. The normalized spacial score (nSPS) is 16.6. The van der Waals surface area contributed by atoms with Crippen LogP contribution in [0.15, 0.2) is 0 Å². The molecule has 14 atom stereocenters. The van der Waals surface area contributed by atoms with Gasteiger partial charge in [-0.15, -0.1) is 0 Å². The number of aliphatic hydroxyl groups excluding tert-OH is 3. The number of hydrogen-bond acceptors (Lipinski definition) is 27. The van der Waals surface area contributed by atoms with E-state index >= 15 is 0 Å². The monoisotopic (exact) mass is 1820 g/mol. The van der Waals surface area contributed by atoms with Crippen molar-refractivity contribution in [1.82, 2.24) is 30.7 Å². The Labute approximate surface area is 759 Å². The molecule has 0 saturated carbocycles. The summed E-state index contributed by atoms with van der Waals surface area (Å²) in [5.41, 5.74) is 10.1. The van der Waals surface area contributed by atoms with E-state index in [9.17, 15) is 101 Å². The van der Waals surface area contributed by atoms with Crippen molar-refractivity contribution in [2.24, 2.45) is 82.5 Å². The molecule has 3 aliphatic heterocycles. The van der Waals surface area contributed by atoms with Crippen LogP contribution in [0.4, 0.5) is 0 Å². The van der Waals surface area contributed by atoms with E-state index in [1.165, 1.54) is 63.7 Å². The number of primary amides is 2. The molecule has 0 aromatic carbocycles. The Morgan fingerprint density at radius 2 is 0.701 bits per heavy atom. The summed E-state index contributed by atoms with van der Waals surface area (Å²) in [5.74, 6) is -12.7. The van der Waals surface area contributed by atoms with Gasteiger partial charge < -0.3 is 76.4 Å². The van der Waals surface area contributed by atoms with Crippen LogP contribution in [0.1, 0.15) is 299 Å². The largest absolute Gasteiger partial charge is 0.469 e. The Bertz CT molecular complexity index is 3490. The highest BCUT2D eigenvalue weighted by atomic mass is 16.5. The number of carbonyl (C=O) groups is 19. The van der Waals surface area contributed by atoms with E-state index < -0.39 is 149 Å². The van der Waals surface area contributed by atoms with Crippen molar-refractivity contribution in [3.8, 4) is 6.07 Å². The molecular weight excluding hydrogens is 1650 g/mol. The Kier molecular flexibility index (Phi) is 73.1. The first-order valence-corrected chi connectivity index (χ1v) is 42.0. The molecule has 8 amide bonds. The van der Waals surface area contributed by atoms with Crippen LogP contribution in [0, 0.1) is 82.3 Å². The zero-order valence-corrected chi connectivity index (χ0v) is 75.4. The van der Waals surface area contributed by atoms with Crippen LogP contribution in [0.25, 0.3) is 0 Å². The number of nitrogens with one attached hydrogen (secondary N) is 3.